The molecule has 7 nitrogen and oxygen atoms in total. The number of nitrogens with zero attached hydrogens (tertiary/aromatic N) is 3. The third kappa shape index (κ3) is 2.73. The van der Waals surface area contributed by atoms with Crippen molar-refractivity contribution in [3.63, 3.8) is 0 Å². The lowest BCUT2D eigenvalue weighted by molar-refractivity contribution is 0.181. The van der Waals surface area contributed by atoms with Crippen LogP contribution in [0.5, 0.6) is 0 Å². The number of amides is 2. The lowest BCUT2D eigenvalue weighted by Crippen LogP contribution is -2.39. The first-order valence-corrected chi connectivity index (χ1v) is 8.03. The molecule has 3 heterocycles. The normalized spacial score (nSPS) is 17.5. The fourth-order valence-electron chi connectivity index (χ4n) is 3.09. The van der Waals surface area contributed by atoms with Crippen LogP contribution in [-0.2, 0) is 6.54 Å². The van der Waals surface area contributed by atoms with Crippen LogP contribution < -0.4 is 5.32 Å². The second-order valence-corrected chi connectivity index (χ2v) is 5.96. The van der Waals surface area contributed by atoms with Gasteiger partial charge in [0.15, 0.2) is 11.3 Å². The van der Waals surface area contributed by atoms with Gasteiger partial charge in [-0.05, 0) is 31.9 Å². The van der Waals surface area contributed by atoms with Crippen LogP contribution in [0.15, 0.2) is 39.3 Å². The van der Waals surface area contributed by atoms with Gasteiger partial charge in [0.1, 0.15) is 5.52 Å². The van der Waals surface area contributed by atoms with E-state index in [1.807, 2.05) is 37.3 Å². The van der Waals surface area contributed by atoms with E-state index < -0.39 is 0 Å². The van der Waals surface area contributed by atoms with Gasteiger partial charge >= 0.3 is 6.03 Å². The van der Waals surface area contributed by atoms with E-state index in [-0.39, 0.29) is 18.6 Å². The van der Waals surface area contributed by atoms with E-state index in [0.717, 1.165) is 35.4 Å². The van der Waals surface area contributed by atoms with Crippen molar-refractivity contribution in [2.45, 2.75) is 32.4 Å². The molecule has 1 atom stereocenters. The number of rotatable bonds is 3. The second kappa shape index (κ2) is 5.99. The number of aromatic nitrogens is 2. The maximum atomic E-state index is 12.5. The van der Waals surface area contributed by atoms with Gasteiger partial charge in [-0.15, -0.1) is 0 Å². The summed E-state index contributed by atoms with van der Waals surface area (Å²) in [4.78, 5) is 18.7. The van der Waals surface area contributed by atoms with Crippen LogP contribution in [0.2, 0.25) is 0 Å². The van der Waals surface area contributed by atoms with Crippen molar-refractivity contribution >= 4 is 17.1 Å². The maximum Gasteiger partial charge on any atom is 0.318 e. The van der Waals surface area contributed by atoms with E-state index in [0.29, 0.717) is 12.4 Å². The molecule has 124 valence electrons. The van der Waals surface area contributed by atoms with Crippen molar-refractivity contribution in [1.82, 2.24) is 20.4 Å². The van der Waals surface area contributed by atoms with Gasteiger partial charge in [0, 0.05) is 12.6 Å². The average molecular weight is 326 g/mol. The van der Waals surface area contributed by atoms with E-state index in [1.54, 1.807) is 4.90 Å². The number of carbonyl (C=O) groups excluding carboxylic acids is 1. The Morgan fingerprint density at radius 1 is 1.42 bits per heavy atom. The Morgan fingerprint density at radius 3 is 3.08 bits per heavy atom. The van der Waals surface area contributed by atoms with Crippen molar-refractivity contribution in [2.75, 3.05) is 6.54 Å². The molecule has 2 amide bonds. The number of para-hydroxylation sites is 2. The third-order valence-electron chi connectivity index (χ3n) is 4.22. The number of nitrogens with one attached hydrogen (secondary N) is 1. The van der Waals surface area contributed by atoms with Gasteiger partial charge in [-0.2, -0.15) is 0 Å². The number of hydrogen-bond donors (Lipinski definition) is 1. The summed E-state index contributed by atoms with van der Waals surface area (Å²) in [7, 11) is 0. The van der Waals surface area contributed by atoms with Crippen LogP contribution in [0.25, 0.3) is 11.1 Å². The largest absolute Gasteiger partial charge is 0.439 e. The Labute approximate surface area is 138 Å². The molecule has 2 aromatic heterocycles. The summed E-state index contributed by atoms with van der Waals surface area (Å²) in [6.07, 6.45) is 1.83. The number of urea groups is 1. The van der Waals surface area contributed by atoms with Gasteiger partial charge in [0.25, 0.3) is 0 Å². The van der Waals surface area contributed by atoms with E-state index in [1.165, 1.54) is 0 Å². The van der Waals surface area contributed by atoms with Crippen LogP contribution in [-0.4, -0.2) is 27.6 Å². The number of fused-ring (bicyclic) bond motifs is 1. The molecule has 0 saturated carbocycles. The molecule has 1 N–H and O–H groups in total. The molecule has 1 fully saturated rings. The molecular weight excluding hydrogens is 308 g/mol. The Hall–Kier alpha value is -2.83. The summed E-state index contributed by atoms with van der Waals surface area (Å²) in [5.41, 5.74) is 2.33. The van der Waals surface area contributed by atoms with Crippen LogP contribution in [0.1, 0.15) is 36.2 Å². The quantitative estimate of drug-likeness (QED) is 0.799. The number of aryl methyl sites for hydroxylation is 1. The molecule has 24 heavy (non-hydrogen) atoms. The minimum atomic E-state index is -0.145. The van der Waals surface area contributed by atoms with Gasteiger partial charge in [0.2, 0.25) is 5.89 Å². The van der Waals surface area contributed by atoms with Crippen molar-refractivity contribution in [2.24, 2.45) is 0 Å². The monoisotopic (exact) mass is 326 g/mol. The number of carbonyl (C=O) groups is 1. The third-order valence-corrected chi connectivity index (χ3v) is 4.22. The minimum absolute atomic E-state index is 0.0603. The standard InChI is InChI=1S/C17H18N4O3/c1-11-9-15(24-20-11)13-6-4-8-21(13)17(22)18-10-16-19-12-5-2-3-7-14(12)23-16/h2-3,5,7,9,13H,4,6,8,10H2,1H3,(H,18,22)/t13-/m1/s1. The summed E-state index contributed by atoms with van der Waals surface area (Å²) >= 11 is 0. The molecule has 7 heteroatoms. The molecular formula is C17H18N4O3. The highest BCUT2D eigenvalue weighted by Crippen LogP contribution is 2.32. The average Bonchev–Trinajstić information content (AvgIpc) is 3.30. The van der Waals surface area contributed by atoms with Gasteiger partial charge in [-0.3, -0.25) is 0 Å². The van der Waals surface area contributed by atoms with E-state index >= 15 is 0 Å². The smallest absolute Gasteiger partial charge is 0.318 e. The van der Waals surface area contributed by atoms with Crippen LogP contribution >= 0.6 is 0 Å². The number of likely N-dealkylation sites (tertiary alicyclic amines) is 1. The molecule has 1 aliphatic heterocycles. The Bertz CT molecular complexity index is 836. The minimum Gasteiger partial charge on any atom is -0.439 e. The Morgan fingerprint density at radius 2 is 2.29 bits per heavy atom. The van der Waals surface area contributed by atoms with Gasteiger partial charge < -0.3 is 19.2 Å². The summed E-state index contributed by atoms with van der Waals surface area (Å²) in [6, 6.07) is 9.22. The molecule has 4 rings (SSSR count). The molecule has 1 aromatic carbocycles. The predicted molar refractivity (Wildman–Crippen MR) is 86.2 cm³/mol. The molecule has 0 unspecified atom stereocenters. The topological polar surface area (TPSA) is 84.4 Å². The molecule has 1 aliphatic rings. The van der Waals surface area contributed by atoms with Crippen molar-refractivity contribution in [1.29, 1.82) is 0 Å². The van der Waals surface area contributed by atoms with Crippen LogP contribution in [0.4, 0.5) is 4.79 Å². The van der Waals surface area contributed by atoms with E-state index in [2.05, 4.69) is 15.5 Å². The van der Waals surface area contributed by atoms with E-state index in [4.69, 9.17) is 8.94 Å². The second-order valence-electron chi connectivity index (χ2n) is 5.96. The molecule has 0 spiro atoms. The zero-order valence-electron chi connectivity index (χ0n) is 13.4. The number of oxazole rings is 1. The molecule has 0 aliphatic carbocycles. The zero-order chi connectivity index (χ0) is 16.5. The first-order chi connectivity index (χ1) is 11.7. The lowest BCUT2D eigenvalue weighted by Gasteiger charge is -2.22. The summed E-state index contributed by atoms with van der Waals surface area (Å²) in [6.45, 7) is 2.83. The number of hydrogen-bond acceptors (Lipinski definition) is 5. The highest BCUT2D eigenvalue weighted by atomic mass is 16.5. The van der Waals surface area contributed by atoms with Gasteiger partial charge in [-0.1, -0.05) is 17.3 Å². The fourth-order valence-corrected chi connectivity index (χ4v) is 3.09. The maximum absolute atomic E-state index is 12.5. The summed E-state index contributed by atoms with van der Waals surface area (Å²) in [5, 5.41) is 6.79. The molecule has 0 bridgehead atoms. The van der Waals surface area contributed by atoms with Crippen molar-refractivity contribution in [3.8, 4) is 0 Å². The number of benzene rings is 1. The van der Waals surface area contributed by atoms with Gasteiger partial charge in [0.05, 0.1) is 18.3 Å². The lowest BCUT2D eigenvalue weighted by atomic mass is 10.1. The highest BCUT2D eigenvalue weighted by Gasteiger charge is 2.32. The predicted octanol–water partition coefficient (Wildman–Crippen LogP) is 3.17. The fraction of sp³-hybridized carbons (Fsp3) is 0.353. The SMILES string of the molecule is Cc1cc([C@H]2CCCN2C(=O)NCc2nc3ccccc3o2)on1. The van der Waals surface area contributed by atoms with Crippen LogP contribution in [0.3, 0.4) is 0 Å². The highest BCUT2D eigenvalue weighted by molar-refractivity contribution is 5.75. The summed E-state index contributed by atoms with van der Waals surface area (Å²) in [5.74, 6) is 1.23. The molecule has 0 radical (unpaired) electrons. The van der Waals surface area contributed by atoms with E-state index in [9.17, 15) is 4.79 Å². The van der Waals surface area contributed by atoms with Crippen molar-refractivity contribution < 1.29 is 13.7 Å². The Kier molecular flexibility index (Phi) is 3.68. The first-order valence-electron chi connectivity index (χ1n) is 8.03. The molecule has 1 saturated heterocycles. The molecule has 3 aromatic rings. The van der Waals surface area contributed by atoms with Crippen molar-refractivity contribution in [3.05, 3.63) is 47.7 Å². The Balaban J connectivity index is 1.43. The first kappa shape index (κ1) is 14.7. The van der Waals surface area contributed by atoms with Crippen LogP contribution in [0, 0.1) is 6.92 Å². The van der Waals surface area contributed by atoms with Gasteiger partial charge in [-0.25, -0.2) is 9.78 Å². The summed E-state index contributed by atoms with van der Waals surface area (Å²) < 4.78 is 11.0. The zero-order valence-corrected chi connectivity index (χ0v) is 13.4.